The van der Waals surface area contributed by atoms with Crippen LogP contribution < -0.4 is 5.32 Å². The third kappa shape index (κ3) is 4.31. The van der Waals surface area contributed by atoms with Crippen molar-refractivity contribution in [3.8, 4) is 17.2 Å². The van der Waals surface area contributed by atoms with E-state index in [2.05, 4.69) is 5.32 Å². The number of rotatable bonds is 5. The van der Waals surface area contributed by atoms with Gasteiger partial charge in [0.15, 0.2) is 6.61 Å². The highest BCUT2D eigenvalue weighted by Gasteiger charge is 2.22. The molecule has 0 fully saturated rings. The smallest absolute Gasteiger partial charge is 0.342 e. The minimum atomic E-state index is -0.635. The maximum atomic E-state index is 12.3. The highest BCUT2D eigenvalue weighted by atomic mass is 32.1. The van der Waals surface area contributed by atoms with Crippen LogP contribution in [0.3, 0.4) is 0 Å². The number of thiophene rings is 1. The topological polar surface area (TPSA) is 79.2 Å². The Labute approximate surface area is 144 Å². The van der Waals surface area contributed by atoms with Gasteiger partial charge in [-0.1, -0.05) is 35.9 Å². The van der Waals surface area contributed by atoms with E-state index in [9.17, 15) is 9.59 Å². The molecular weight excluding hydrogens is 324 g/mol. The number of hydrogen-bond donors (Lipinski definition) is 1. The molecule has 0 aliphatic rings. The van der Waals surface area contributed by atoms with Crippen molar-refractivity contribution < 1.29 is 14.3 Å². The molecule has 1 aromatic carbocycles. The lowest BCUT2D eigenvalue weighted by Crippen LogP contribution is -2.13. The van der Waals surface area contributed by atoms with E-state index >= 15 is 0 Å². The molecule has 0 bridgehead atoms. The average Bonchev–Trinajstić information content (AvgIpc) is 2.96. The summed E-state index contributed by atoms with van der Waals surface area (Å²) in [4.78, 5) is 24.3. The zero-order valence-corrected chi connectivity index (χ0v) is 14.1. The minimum Gasteiger partial charge on any atom is -0.447 e. The van der Waals surface area contributed by atoms with Gasteiger partial charge in [-0.15, -0.1) is 11.3 Å². The van der Waals surface area contributed by atoms with Crippen LogP contribution >= 0.6 is 11.3 Å². The van der Waals surface area contributed by atoms with Gasteiger partial charge in [-0.2, -0.15) is 5.26 Å². The highest BCUT2D eigenvalue weighted by molar-refractivity contribution is 7.15. The molecule has 1 heterocycles. The van der Waals surface area contributed by atoms with Crippen molar-refractivity contribution in [2.45, 2.75) is 13.8 Å². The molecule has 0 aliphatic carbocycles. The Kier molecular flexibility index (Phi) is 5.88. The van der Waals surface area contributed by atoms with Crippen molar-refractivity contribution in [1.82, 2.24) is 0 Å². The summed E-state index contributed by atoms with van der Waals surface area (Å²) < 4.78 is 4.94. The maximum Gasteiger partial charge on any atom is 0.342 e. The number of carbonyl (C=O) groups is 2. The molecule has 1 N–H and O–H groups in total. The summed E-state index contributed by atoms with van der Waals surface area (Å²) in [5, 5.41) is 13.5. The van der Waals surface area contributed by atoms with E-state index in [1.165, 1.54) is 17.4 Å². The van der Waals surface area contributed by atoms with Gasteiger partial charge in [0.1, 0.15) is 16.6 Å². The molecule has 5 nitrogen and oxygen atoms in total. The van der Waals surface area contributed by atoms with Crippen LogP contribution in [0.4, 0.5) is 5.00 Å². The number of ether oxygens (including phenoxy) is 1. The van der Waals surface area contributed by atoms with E-state index < -0.39 is 5.97 Å². The number of esters is 1. The molecular formula is C18H16N2O3S. The second-order valence-electron chi connectivity index (χ2n) is 5.16. The Hall–Kier alpha value is -2.91. The zero-order valence-electron chi connectivity index (χ0n) is 13.3. The molecule has 1 aromatic heterocycles. The maximum absolute atomic E-state index is 12.3. The van der Waals surface area contributed by atoms with Gasteiger partial charge in [0.2, 0.25) is 5.91 Å². The van der Waals surface area contributed by atoms with E-state index in [1.807, 2.05) is 44.2 Å². The summed E-state index contributed by atoms with van der Waals surface area (Å²) in [5.41, 5.74) is 2.61. The number of carbonyl (C=O) groups excluding carboxylic acids is 2. The molecule has 2 aromatic rings. The Bertz CT molecular complexity index is 813. The van der Waals surface area contributed by atoms with Crippen LogP contribution in [0.2, 0.25) is 0 Å². The van der Waals surface area contributed by atoms with Gasteiger partial charge in [-0.3, -0.25) is 4.79 Å². The monoisotopic (exact) mass is 340 g/mol. The highest BCUT2D eigenvalue weighted by Crippen LogP contribution is 2.36. The van der Waals surface area contributed by atoms with Crippen LogP contribution in [0.5, 0.6) is 0 Å². The summed E-state index contributed by atoms with van der Waals surface area (Å²) in [6.07, 6.45) is 1.45. The number of anilines is 1. The lowest BCUT2D eigenvalue weighted by molar-refractivity contribution is -0.111. The molecule has 0 spiro atoms. The molecule has 0 radical (unpaired) electrons. The van der Waals surface area contributed by atoms with Gasteiger partial charge >= 0.3 is 5.97 Å². The quantitative estimate of drug-likeness (QED) is 0.659. The standard InChI is InChI=1S/C18H16N2O3S/c1-12(2)10-15(21)20-17-16(18(22)23-9-8-19)14(11-24-17)13-6-4-3-5-7-13/h3-7,10-11H,9H2,1-2H3,(H,20,21). The second-order valence-corrected chi connectivity index (χ2v) is 6.04. The molecule has 6 heteroatoms. The second kappa shape index (κ2) is 8.09. The van der Waals surface area contributed by atoms with Crippen LogP contribution in [0.1, 0.15) is 24.2 Å². The number of hydrogen-bond acceptors (Lipinski definition) is 5. The van der Waals surface area contributed by atoms with Crippen LogP contribution in [0.15, 0.2) is 47.4 Å². The zero-order chi connectivity index (χ0) is 17.5. The van der Waals surface area contributed by atoms with Crippen molar-refractivity contribution in [2.75, 3.05) is 11.9 Å². The van der Waals surface area contributed by atoms with Crippen molar-refractivity contribution in [2.24, 2.45) is 0 Å². The number of benzene rings is 1. The molecule has 24 heavy (non-hydrogen) atoms. The third-order valence-electron chi connectivity index (χ3n) is 3.00. The Morgan fingerprint density at radius 2 is 2.00 bits per heavy atom. The van der Waals surface area contributed by atoms with Crippen molar-refractivity contribution in [3.63, 3.8) is 0 Å². The molecule has 122 valence electrons. The summed E-state index contributed by atoms with van der Waals surface area (Å²) in [6, 6.07) is 11.1. The molecule has 1 amide bonds. The fraction of sp³-hybridized carbons (Fsp3) is 0.167. The van der Waals surface area contributed by atoms with Gasteiger partial charge in [-0.25, -0.2) is 4.79 Å². The van der Waals surface area contributed by atoms with E-state index in [-0.39, 0.29) is 18.1 Å². The van der Waals surface area contributed by atoms with E-state index in [0.717, 1.165) is 11.1 Å². The predicted molar refractivity (Wildman–Crippen MR) is 93.7 cm³/mol. The predicted octanol–water partition coefficient (Wildman–Crippen LogP) is 4.00. The minimum absolute atomic E-state index is 0.261. The molecule has 0 saturated heterocycles. The van der Waals surface area contributed by atoms with Gasteiger partial charge in [-0.05, 0) is 19.4 Å². The van der Waals surface area contributed by atoms with E-state index in [4.69, 9.17) is 10.00 Å². The average molecular weight is 340 g/mol. The summed E-state index contributed by atoms with van der Waals surface area (Å²) in [5.74, 6) is -0.949. The Morgan fingerprint density at radius 3 is 2.62 bits per heavy atom. The molecule has 0 atom stereocenters. The van der Waals surface area contributed by atoms with Gasteiger partial charge in [0, 0.05) is 17.0 Å². The van der Waals surface area contributed by atoms with Crippen LogP contribution in [0, 0.1) is 11.3 Å². The first kappa shape index (κ1) is 17.4. The summed E-state index contributed by atoms with van der Waals surface area (Å²) in [6.45, 7) is 3.28. The van der Waals surface area contributed by atoms with E-state index in [1.54, 1.807) is 11.4 Å². The van der Waals surface area contributed by atoms with Gasteiger partial charge in [0.25, 0.3) is 0 Å². The fourth-order valence-corrected chi connectivity index (χ4v) is 3.02. The molecule has 0 saturated carbocycles. The molecule has 2 rings (SSSR count). The largest absolute Gasteiger partial charge is 0.447 e. The number of amides is 1. The van der Waals surface area contributed by atoms with E-state index in [0.29, 0.717) is 10.6 Å². The molecule has 0 unspecified atom stereocenters. The first-order valence-electron chi connectivity index (χ1n) is 7.19. The van der Waals surface area contributed by atoms with Crippen LogP contribution in [-0.2, 0) is 9.53 Å². The fourth-order valence-electron chi connectivity index (χ4n) is 2.06. The summed E-state index contributed by atoms with van der Waals surface area (Å²) >= 11 is 1.24. The van der Waals surface area contributed by atoms with Gasteiger partial charge < -0.3 is 10.1 Å². The summed E-state index contributed by atoms with van der Waals surface area (Å²) in [7, 11) is 0. The van der Waals surface area contributed by atoms with Crippen LogP contribution in [-0.4, -0.2) is 18.5 Å². The van der Waals surface area contributed by atoms with Crippen molar-refractivity contribution in [3.05, 3.63) is 52.9 Å². The molecule has 0 aliphatic heterocycles. The van der Waals surface area contributed by atoms with Gasteiger partial charge in [0.05, 0.1) is 0 Å². The van der Waals surface area contributed by atoms with Crippen molar-refractivity contribution >= 4 is 28.2 Å². The first-order valence-corrected chi connectivity index (χ1v) is 8.07. The lowest BCUT2D eigenvalue weighted by atomic mass is 10.0. The van der Waals surface area contributed by atoms with Crippen LogP contribution in [0.25, 0.3) is 11.1 Å². The normalized spacial score (nSPS) is 9.71. The first-order chi connectivity index (χ1) is 11.5. The number of nitrogens with zero attached hydrogens (tertiary/aromatic N) is 1. The SMILES string of the molecule is CC(C)=CC(=O)Nc1scc(-c2ccccc2)c1C(=O)OCC#N. The number of nitrogens with one attached hydrogen (secondary N) is 1. The lowest BCUT2D eigenvalue weighted by Gasteiger charge is -2.07. The third-order valence-corrected chi connectivity index (χ3v) is 3.90. The van der Waals surface area contributed by atoms with Crippen molar-refractivity contribution in [1.29, 1.82) is 5.26 Å². The Balaban J connectivity index is 2.43. The number of allylic oxidation sites excluding steroid dienone is 1. The Morgan fingerprint density at radius 1 is 1.29 bits per heavy atom. The number of nitriles is 1.